The SMILES string of the molecule is CC(C)(C)[Si](OCCOCCOCCOCCOCCOCCOCCNc1cccc2c1C(=O)N(C1CCC(=O)NC1=O)C2=O)(c1ccccc1)c1ccccc1. The number of ether oxygens (including phenoxy) is 6. The Morgan fingerprint density at radius 2 is 1.10 bits per heavy atom. The monoisotopic (exact) mass is 819 g/mol. The van der Waals surface area contributed by atoms with E-state index in [1.54, 1.807) is 18.2 Å². The molecule has 3 aromatic rings. The minimum Gasteiger partial charge on any atom is -0.405 e. The fourth-order valence-corrected chi connectivity index (χ4v) is 11.7. The molecule has 2 N–H and O–H groups in total. The third-order valence-corrected chi connectivity index (χ3v) is 14.9. The number of hydrogen-bond acceptors (Lipinski definition) is 12. The quantitative estimate of drug-likeness (QED) is 0.0694. The summed E-state index contributed by atoms with van der Waals surface area (Å²) in [6.45, 7) is 12.9. The lowest BCUT2D eigenvalue weighted by Crippen LogP contribution is -2.66. The zero-order valence-corrected chi connectivity index (χ0v) is 34.8. The second kappa shape index (κ2) is 22.7. The predicted octanol–water partition coefficient (Wildman–Crippen LogP) is 3.18. The Bertz CT molecular complexity index is 1730. The van der Waals surface area contributed by atoms with Crippen molar-refractivity contribution in [3.05, 3.63) is 90.0 Å². The highest BCUT2D eigenvalue weighted by Crippen LogP contribution is 2.37. The molecule has 1 atom stereocenters. The van der Waals surface area contributed by atoms with Crippen molar-refractivity contribution in [1.82, 2.24) is 10.2 Å². The highest BCUT2D eigenvalue weighted by Gasteiger charge is 2.50. The Balaban J connectivity index is 0.828. The van der Waals surface area contributed by atoms with Crippen molar-refractivity contribution in [3.8, 4) is 0 Å². The number of nitrogens with one attached hydrogen (secondary N) is 2. The van der Waals surface area contributed by atoms with Crippen LogP contribution >= 0.6 is 0 Å². The van der Waals surface area contributed by atoms with E-state index in [0.29, 0.717) is 98.1 Å². The van der Waals surface area contributed by atoms with E-state index < -0.39 is 38.0 Å². The molecular formula is C43H57N3O11Si. The molecular weight excluding hydrogens is 763 g/mol. The lowest BCUT2D eigenvalue weighted by molar-refractivity contribution is -0.136. The van der Waals surface area contributed by atoms with Gasteiger partial charge in [0.1, 0.15) is 6.04 Å². The van der Waals surface area contributed by atoms with E-state index in [4.69, 9.17) is 32.8 Å². The summed E-state index contributed by atoms with van der Waals surface area (Å²) >= 11 is 0. The lowest BCUT2D eigenvalue weighted by atomic mass is 10.0. The molecule has 0 aliphatic carbocycles. The van der Waals surface area contributed by atoms with E-state index in [1.807, 2.05) is 12.1 Å². The molecule has 0 saturated carbocycles. The highest BCUT2D eigenvalue weighted by molar-refractivity contribution is 6.99. The minimum atomic E-state index is -2.57. The van der Waals surface area contributed by atoms with Gasteiger partial charge in [0.25, 0.3) is 20.1 Å². The predicted molar refractivity (Wildman–Crippen MR) is 220 cm³/mol. The molecule has 58 heavy (non-hydrogen) atoms. The molecule has 4 amide bonds. The molecule has 14 nitrogen and oxygen atoms in total. The number of imide groups is 2. The van der Waals surface area contributed by atoms with Crippen LogP contribution < -0.4 is 21.0 Å². The van der Waals surface area contributed by atoms with E-state index >= 15 is 0 Å². The van der Waals surface area contributed by atoms with Crippen molar-refractivity contribution < 1.29 is 52.0 Å². The van der Waals surface area contributed by atoms with Gasteiger partial charge in [0.2, 0.25) is 11.8 Å². The molecule has 1 fully saturated rings. The maximum Gasteiger partial charge on any atom is 0.264 e. The van der Waals surface area contributed by atoms with Gasteiger partial charge in [0.15, 0.2) is 0 Å². The fourth-order valence-electron chi connectivity index (χ4n) is 7.14. The number of carbonyl (C=O) groups is 4. The average Bonchev–Trinajstić information content (AvgIpc) is 3.47. The van der Waals surface area contributed by atoms with Gasteiger partial charge in [0.05, 0.1) is 97.0 Å². The van der Waals surface area contributed by atoms with Crippen molar-refractivity contribution >= 4 is 48.0 Å². The van der Waals surface area contributed by atoms with Gasteiger partial charge in [-0.15, -0.1) is 0 Å². The van der Waals surface area contributed by atoms with Gasteiger partial charge in [-0.1, -0.05) is 87.5 Å². The van der Waals surface area contributed by atoms with Crippen LogP contribution in [-0.4, -0.2) is 135 Å². The van der Waals surface area contributed by atoms with Crippen LogP contribution in [0.2, 0.25) is 5.04 Å². The molecule has 0 bridgehead atoms. The van der Waals surface area contributed by atoms with E-state index in [-0.39, 0.29) is 29.0 Å². The van der Waals surface area contributed by atoms with Crippen molar-refractivity contribution in [3.63, 3.8) is 0 Å². The number of amides is 4. The van der Waals surface area contributed by atoms with E-state index in [0.717, 1.165) is 4.90 Å². The summed E-state index contributed by atoms with van der Waals surface area (Å²) in [5.74, 6) is -2.16. The summed E-state index contributed by atoms with van der Waals surface area (Å²) in [5.41, 5.74) is 0.916. The normalized spacial score (nSPS) is 15.8. The second-order valence-electron chi connectivity index (χ2n) is 14.8. The van der Waals surface area contributed by atoms with Gasteiger partial charge in [-0.25, -0.2) is 0 Å². The molecule has 15 heteroatoms. The van der Waals surface area contributed by atoms with Crippen LogP contribution in [-0.2, 0) is 42.4 Å². The van der Waals surface area contributed by atoms with E-state index in [2.05, 4.69) is 79.9 Å². The largest absolute Gasteiger partial charge is 0.405 e. The standard InChI is InChI=1S/C43H57N3O11Si/c1-43(2,3)58(33-11-6-4-7-12-33,34-13-8-5-9-14-34)57-32-31-56-30-29-55-28-27-54-26-25-53-24-23-52-22-21-51-20-19-44-36-16-10-15-35-39(36)42(50)46(41(35)49)37-17-18-38(47)45-40(37)48/h4-16,37,44H,17-32H2,1-3H3,(H,45,47,48). The number of anilines is 1. The van der Waals surface area contributed by atoms with Gasteiger partial charge >= 0.3 is 0 Å². The first-order valence-corrected chi connectivity index (χ1v) is 21.9. The lowest BCUT2D eigenvalue weighted by Gasteiger charge is -2.43. The molecule has 1 saturated heterocycles. The molecule has 0 radical (unpaired) electrons. The number of carbonyl (C=O) groups excluding carboxylic acids is 4. The first-order valence-electron chi connectivity index (χ1n) is 19.9. The topological polar surface area (TPSA) is 160 Å². The third-order valence-electron chi connectivity index (χ3n) is 9.85. The Hall–Kier alpha value is -4.32. The van der Waals surface area contributed by atoms with Crippen LogP contribution in [0.5, 0.6) is 0 Å². The Kier molecular flexibility index (Phi) is 17.5. The summed E-state index contributed by atoms with van der Waals surface area (Å²) in [6.07, 6.45) is 0.172. The number of piperidine rings is 1. The zero-order valence-electron chi connectivity index (χ0n) is 33.8. The first-order chi connectivity index (χ1) is 28.1. The summed E-state index contributed by atoms with van der Waals surface area (Å²) in [7, 11) is -2.57. The maximum absolute atomic E-state index is 13.2. The van der Waals surface area contributed by atoms with Crippen LogP contribution in [0.3, 0.4) is 0 Å². The molecule has 3 aromatic carbocycles. The number of hydrogen-bond donors (Lipinski definition) is 2. The average molecular weight is 820 g/mol. The maximum atomic E-state index is 13.2. The van der Waals surface area contributed by atoms with Crippen molar-refractivity contribution in [2.45, 2.75) is 44.7 Å². The second-order valence-corrected chi connectivity index (χ2v) is 19.1. The zero-order chi connectivity index (χ0) is 41.2. The third kappa shape index (κ3) is 11.9. The summed E-state index contributed by atoms with van der Waals surface area (Å²) < 4.78 is 40.7. The van der Waals surface area contributed by atoms with Crippen molar-refractivity contribution in [1.29, 1.82) is 0 Å². The van der Waals surface area contributed by atoms with Gasteiger partial charge in [-0.2, -0.15) is 0 Å². The molecule has 314 valence electrons. The molecule has 2 aliphatic rings. The molecule has 0 spiro atoms. The molecule has 2 heterocycles. The van der Waals surface area contributed by atoms with Gasteiger partial charge < -0.3 is 38.2 Å². The summed E-state index contributed by atoms with van der Waals surface area (Å²) in [5, 5.41) is 7.77. The summed E-state index contributed by atoms with van der Waals surface area (Å²) in [6, 6.07) is 25.1. The number of fused-ring (bicyclic) bond motifs is 1. The van der Waals surface area contributed by atoms with Gasteiger partial charge in [0, 0.05) is 18.7 Å². The fraction of sp³-hybridized carbons (Fsp3) is 0.488. The molecule has 1 unspecified atom stereocenters. The molecule has 5 rings (SSSR count). The van der Waals surface area contributed by atoms with Crippen LogP contribution in [0.15, 0.2) is 78.9 Å². The van der Waals surface area contributed by atoms with Gasteiger partial charge in [-0.05, 0) is 34.0 Å². The summed E-state index contributed by atoms with van der Waals surface area (Å²) in [4.78, 5) is 51.0. The number of nitrogens with zero attached hydrogens (tertiary/aromatic N) is 1. The van der Waals surface area contributed by atoms with E-state index in [9.17, 15) is 19.2 Å². The van der Waals surface area contributed by atoms with Crippen molar-refractivity contribution in [2.75, 3.05) is 97.8 Å². The van der Waals surface area contributed by atoms with Crippen LogP contribution in [0.4, 0.5) is 5.69 Å². The molecule has 0 aromatic heterocycles. The molecule has 2 aliphatic heterocycles. The number of rotatable bonds is 26. The Morgan fingerprint density at radius 1 is 0.621 bits per heavy atom. The first kappa shape index (κ1) is 44.8. The smallest absolute Gasteiger partial charge is 0.264 e. The van der Waals surface area contributed by atoms with Crippen molar-refractivity contribution in [2.24, 2.45) is 0 Å². The van der Waals surface area contributed by atoms with Crippen LogP contribution in [0, 0.1) is 0 Å². The Labute approximate surface area is 341 Å². The van der Waals surface area contributed by atoms with E-state index in [1.165, 1.54) is 10.4 Å². The Morgan fingerprint density at radius 3 is 1.59 bits per heavy atom. The minimum absolute atomic E-state index is 0.0669. The van der Waals surface area contributed by atoms with Crippen LogP contribution in [0.1, 0.15) is 54.3 Å². The van der Waals surface area contributed by atoms with Crippen LogP contribution in [0.25, 0.3) is 0 Å². The highest BCUT2D eigenvalue weighted by atomic mass is 28.4. The number of benzene rings is 3. The van der Waals surface area contributed by atoms with Gasteiger partial charge in [-0.3, -0.25) is 29.4 Å².